The van der Waals surface area contributed by atoms with Gasteiger partial charge in [-0.25, -0.2) is 0 Å². The van der Waals surface area contributed by atoms with Gasteiger partial charge in [0.15, 0.2) is 0 Å². The molecule has 1 aliphatic rings. The first-order chi connectivity index (χ1) is 12.1. The van der Waals surface area contributed by atoms with Gasteiger partial charge in [-0.1, -0.05) is 36.6 Å². The van der Waals surface area contributed by atoms with E-state index in [-0.39, 0.29) is 18.2 Å². The summed E-state index contributed by atoms with van der Waals surface area (Å²) in [6, 6.07) is 14.5. The van der Waals surface area contributed by atoms with Crippen LogP contribution in [0.3, 0.4) is 0 Å². The zero-order valence-corrected chi connectivity index (χ0v) is 14.7. The SMILES string of the molecule is O=C(Cc1ccc(Cl)cc1)Nc1ccc(C(=O)NC2CCCC2)cc1. The van der Waals surface area contributed by atoms with Crippen LogP contribution in [-0.2, 0) is 11.2 Å². The van der Waals surface area contributed by atoms with E-state index in [1.807, 2.05) is 12.1 Å². The minimum Gasteiger partial charge on any atom is -0.349 e. The smallest absolute Gasteiger partial charge is 0.251 e. The van der Waals surface area contributed by atoms with Crippen molar-refractivity contribution < 1.29 is 9.59 Å². The summed E-state index contributed by atoms with van der Waals surface area (Å²) in [7, 11) is 0. The number of carbonyl (C=O) groups excluding carboxylic acids is 2. The van der Waals surface area contributed by atoms with E-state index in [1.54, 1.807) is 36.4 Å². The van der Waals surface area contributed by atoms with Gasteiger partial charge in [-0.3, -0.25) is 9.59 Å². The van der Waals surface area contributed by atoms with Gasteiger partial charge in [0.25, 0.3) is 5.91 Å². The number of carbonyl (C=O) groups is 2. The van der Waals surface area contributed by atoms with Gasteiger partial charge in [0.2, 0.25) is 5.91 Å². The maximum atomic E-state index is 12.2. The molecule has 0 aliphatic heterocycles. The molecule has 5 heteroatoms. The van der Waals surface area contributed by atoms with Crippen LogP contribution in [-0.4, -0.2) is 17.9 Å². The van der Waals surface area contributed by atoms with Gasteiger partial charge in [-0.2, -0.15) is 0 Å². The van der Waals surface area contributed by atoms with E-state index in [1.165, 1.54) is 12.8 Å². The van der Waals surface area contributed by atoms with Crippen LogP contribution >= 0.6 is 11.6 Å². The number of hydrogen-bond donors (Lipinski definition) is 2. The number of amides is 2. The fourth-order valence-corrected chi connectivity index (χ4v) is 3.16. The Morgan fingerprint density at radius 1 is 0.960 bits per heavy atom. The number of rotatable bonds is 5. The van der Waals surface area contributed by atoms with Crippen LogP contribution in [0.15, 0.2) is 48.5 Å². The molecule has 2 N–H and O–H groups in total. The fraction of sp³-hybridized carbons (Fsp3) is 0.300. The van der Waals surface area contributed by atoms with Crippen molar-refractivity contribution in [2.45, 2.75) is 38.1 Å². The molecule has 1 saturated carbocycles. The zero-order chi connectivity index (χ0) is 17.6. The predicted octanol–water partition coefficient (Wildman–Crippen LogP) is 4.19. The zero-order valence-electron chi connectivity index (χ0n) is 13.9. The highest BCUT2D eigenvalue weighted by atomic mass is 35.5. The van der Waals surface area contributed by atoms with Crippen LogP contribution in [0, 0.1) is 0 Å². The van der Waals surface area contributed by atoms with E-state index in [2.05, 4.69) is 10.6 Å². The molecule has 0 spiro atoms. The lowest BCUT2D eigenvalue weighted by atomic mass is 10.1. The molecule has 2 amide bonds. The van der Waals surface area contributed by atoms with Crippen molar-refractivity contribution in [1.82, 2.24) is 5.32 Å². The fourth-order valence-electron chi connectivity index (χ4n) is 3.04. The van der Waals surface area contributed by atoms with E-state index in [0.29, 0.717) is 22.3 Å². The summed E-state index contributed by atoms with van der Waals surface area (Å²) in [5.74, 6) is -0.156. The highest BCUT2D eigenvalue weighted by molar-refractivity contribution is 6.30. The van der Waals surface area contributed by atoms with Crippen molar-refractivity contribution in [3.63, 3.8) is 0 Å². The van der Waals surface area contributed by atoms with Gasteiger partial charge in [0.1, 0.15) is 0 Å². The van der Waals surface area contributed by atoms with E-state index in [4.69, 9.17) is 11.6 Å². The van der Waals surface area contributed by atoms with Crippen LogP contribution < -0.4 is 10.6 Å². The lowest BCUT2D eigenvalue weighted by molar-refractivity contribution is -0.115. The molecule has 25 heavy (non-hydrogen) atoms. The Morgan fingerprint density at radius 2 is 1.60 bits per heavy atom. The number of anilines is 1. The first-order valence-electron chi connectivity index (χ1n) is 8.55. The normalized spacial score (nSPS) is 14.3. The molecule has 0 bridgehead atoms. The highest BCUT2D eigenvalue weighted by Gasteiger charge is 2.17. The van der Waals surface area contributed by atoms with Crippen LogP contribution in [0.4, 0.5) is 5.69 Å². The summed E-state index contributed by atoms with van der Waals surface area (Å²) in [5, 5.41) is 6.54. The number of halogens is 1. The second-order valence-corrected chi connectivity index (χ2v) is 6.82. The number of benzene rings is 2. The van der Waals surface area contributed by atoms with E-state index >= 15 is 0 Å². The van der Waals surface area contributed by atoms with E-state index < -0.39 is 0 Å². The molecule has 130 valence electrons. The van der Waals surface area contributed by atoms with Crippen LogP contribution in [0.5, 0.6) is 0 Å². The minimum absolute atomic E-state index is 0.0501. The lowest BCUT2D eigenvalue weighted by Gasteiger charge is -2.12. The van der Waals surface area contributed by atoms with Crippen molar-refractivity contribution in [2.24, 2.45) is 0 Å². The maximum absolute atomic E-state index is 12.2. The van der Waals surface area contributed by atoms with Crippen molar-refractivity contribution in [1.29, 1.82) is 0 Å². The summed E-state index contributed by atoms with van der Waals surface area (Å²) >= 11 is 5.84. The summed E-state index contributed by atoms with van der Waals surface area (Å²) in [5.41, 5.74) is 2.19. The van der Waals surface area contributed by atoms with Crippen molar-refractivity contribution >= 4 is 29.1 Å². The monoisotopic (exact) mass is 356 g/mol. The molecule has 1 aliphatic carbocycles. The molecular formula is C20H21ClN2O2. The molecular weight excluding hydrogens is 336 g/mol. The summed E-state index contributed by atoms with van der Waals surface area (Å²) in [6.07, 6.45) is 4.77. The quantitative estimate of drug-likeness (QED) is 0.843. The van der Waals surface area contributed by atoms with Gasteiger partial charge in [-0.05, 0) is 54.8 Å². The van der Waals surface area contributed by atoms with Gasteiger partial charge >= 0.3 is 0 Å². The average Bonchev–Trinajstić information content (AvgIpc) is 3.10. The van der Waals surface area contributed by atoms with E-state index in [9.17, 15) is 9.59 Å². The molecule has 0 radical (unpaired) electrons. The first kappa shape index (κ1) is 17.5. The molecule has 4 nitrogen and oxygen atoms in total. The van der Waals surface area contributed by atoms with Gasteiger partial charge in [0.05, 0.1) is 6.42 Å². The third kappa shape index (κ3) is 5.07. The van der Waals surface area contributed by atoms with E-state index in [0.717, 1.165) is 18.4 Å². The van der Waals surface area contributed by atoms with Crippen LogP contribution in [0.25, 0.3) is 0 Å². The molecule has 0 aromatic heterocycles. The minimum atomic E-state index is -0.106. The molecule has 0 unspecified atom stereocenters. The highest BCUT2D eigenvalue weighted by Crippen LogP contribution is 2.18. The predicted molar refractivity (Wildman–Crippen MR) is 99.9 cm³/mol. The first-order valence-corrected chi connectivity index (χ1v) is 8.93. The molecule has 1 fully saturated rings. The maximum Gasteiger partial charge on any atom is 0.251 e. The summed E-state index contributed by atoms with van der Waals surface area (Å²) < 4.78 is 0. The van der Waals surface area contributed by atoms with Crippen molar-refractivity contribution in [3.05, 3.63) is 64.7 Å². The van der Waals surface area contributed by atoms with Crippen LogP contribution in [0.2, 0.25) is 5.02 Å². The van der Waals surface area contributed by atoms with Crippen LogP contribution in [0.1, 0.15) is 41.6 Å². The second kappa shape index (κ2) is 8.17. The number of hydrogen-bond acceptors (Lipinski definition) is 2. The molecule has 2 aromatic carbocycles. The number of nitrogens with one attached hydrogen (secondary N) is 2. The standard InChI is InChI=1S/C20H21ClN2O2/c21-16-9-5-14(6-10-16)13-19(24)22-18-11-7-15(8-12-18)20(25)23-17-3-1-2-4-17/h5-12,17H,1-4,13H2,(H,22,24)(H,23,25). The van der Waals surface area contributed by atoms with Gasteiger partial charge < -0.3 is 10.6 Å². The molecule has 0 atom stereocenters. The third-order valence-electron chi connectivity index (χ3n) is 4.40. The molecule has 3 rings (SSSR count). The molecule has 0 saturated heterocycles. The largest absolute Gasteiger partial charge is 0.349 e. The third-order valence-corrected chi connectivity index (χ3v) is 4.65. The molecule has 0 heterocycles. The molecule has 2 aromatic rings. The topological polar surface area (TPSA) is 58.2 Å². The lowest BCUT2D eigenvalue weighted by Crippen LogP contribution is -2.32. The Bertz CT molecular complexity index is 735. The Morgan fingerprint density at radius 3 is 2.24 bits per heavy atom. The summed E-state index contributed by atoms with van der Waals surface area (Å²) in [6.45, 7) is 0. The Balaban J connectivity index is 1.53. The van der Waals surface area contributed by atoms with Crippen molar-refractivity contribution in [2.75, 3.05) is 5.32 Å². The van der Waals surface area contributed by atoms with Gasteiger partial charge in [-0.15, -0.1) is 0 Å². The van der Waals surface area contributed by atoms with Gasteiger partial charge in [0, 0.05) is 22.3 Å². The van der Waals surface area contributed by atoms with Crippen molar-refractivity contribution in [3.8, 4) is 0 Å². The second-order valence-electron chi connectivity index (χ2n) is 6.38. The summed E-state index contributed by atoms with van der Waals surface area (Å²) in [4.78, 5) is 24.3. The Labute approximate surface area is 152 Å². The Hall–Kier alpha value is -2.33. The average molecular weight is 357 g/mol. The Kier molecular flexibility index (Phi) is 5.71.